The Morgan fingerprint density at radius 3 is 2.04 bits per heavy atom. The summed E-state index contributed by atoms with van der Waals surface area (Å²) in [4.78, 5) is 2.25. The van der Waals surface area contributed by atoms with Gasteiger partial charge in [-0.3, -0.25) is 0 Å². The van der Waals surface area contributed by atoms with Crippen molar-refractivity contribution < 1.29 is 0 Å². The molecule has 0 heterocycles. The first-order chi connectivity index (χ1) is 12.2. The number of rotatable bonds is 6. The third kappa shape index (κ3) is 4.47. The van der Waals surface area contributed by atoms with E-state index in [1.807, 2.05) is 36.4 Å². The van der Waals surface area contributed by atoms with Gasteiger partial charge in [-0.25, -0.2) is 0 Å². The van der Waals surface area contributed by atoms with Gasteiger partial charge < -0.3 is 4.90 Å². The highest BCUT2D eigenvalue weighted by Crippen LogP contribution is 2.22. The second kappa shape index (κ2) is 8.92. The molecule has 0 aliphatic carbocycles. The van der Waals surface area contributed by atoms with Gasteiger partial charge >= 0.3 is 0 Å². The van der Waals surface area contributed by atoms with E-state index >= 15 is 0 Å². The van der Waals surface area contributed by atoms with Gasteiger partial charge in [0.2, 0.25) is 0 Å². The van der Waals surface area contributed by atoms with Crippen molar-refractivity contribution in [1.82, 2.24) is 0 Å². The Labute approximate surface area is 148 Å². The number of likely N-dealkylation sites (N-methyl/N-ethyl adjacent to an activating group) is 1. The molecule has 4 heteroatoms. The van der Waals surface area contributed by atoms with Gasteiger partial charge in [0.05, 0.1) is 5.57 Å². The van der Waals surface area contributed by atoms with Crippen molar-refractivity contribution in [3.63, 3.8) is 0 Å². The predicted molar refractivity (Wildman–Crippen MR) is 98.2 cm³/mol. The number of benzene rings is 2. The molecule has 2 aromatic carbocycles. The predicted octanol–water partition coefficient (Wildman–Crippen LogP) is 4.08. The number of hydrogen-bond acceptors (Lipinski definition) is 4. The zero-order chi connectivity index (χ0) is 18.1. The molecule has 0 N–H and O–H groups in total. The van der Waals surface area contributed by atoms with Crippen LogP contribution in [0.25, 0.3) is 5.57 Å². The Morgan fingerprint density at radius 1 is 0.880 bits per heavy atom. The SMILES string of the molecule is CCN(CCc1ccccc1)c1ccc(C(C#N)=C(C#N)C#N)cc1. The van der Waals surface area contributed by atoms with Gasteiger partial charge in [-0.1, -0.05) is 42.5 Å². The van der Waals surface area contributed by atoms with Crippen LogP contribution in [0.3, 0.4) is 0 Å². The summed E-state index contributed by atoms with van der Waals surface area (Å²) in [5, 5.41) is 27.1. The number of allylic oxidation sites excluding steroid dienone is 2. The third-order valence-electron chi connectivity index (χ3n) is 4.00. The molecule has 0 fully saturated rings. The molecule has 0 aromatic heterocycles. The van der Waals surface area contributed by atoms with Crippen LogP contribution in [0, 0.1) is 34.0 Å². The van der Waals surface area contributed by atoms with E-state index in [1.54, 1.807) is 24.3 Å². The van der Waals surface area contributed by atoms with Crippen molar-refractivity contribution in [3.8, 4) is 18.2 Å². The first-order valence-corrected chi connectivity index (χ1v) is 8.07. The first-order valence-electron chi connectivity index (χ1n) is 8.07. The Hall–Kier alpha value is -3.55. The molecule has 0 atom stereocenters. The van der Waals surface area contributed by atoms with Crippen molar-refractivity contribution in [2.75, 3.05) is 18.0 Å². The fraction of sp³-hybridized carbons (Fsp3) is 0.190. The van der Waals surface area contributed by atoms with Crippen LogP contribution in [-0.4, -0.2) is 13.1 Å². The molecule has 0 aliphatic rings. The number of hydrogen-bond donors (Lipinski definition) is 0. The van der Waals surface area contributed by atoms with E-state index in [0.29, 0.717) is 5.56 Å². The molecule has 2 rings (SSSR count). The molecule has 0 radical (unpaired) electrons. The van der Waals surface area contributed by atoms with Crippen LogP contribution < -0.4 is 4.90 Å². The van der Waals surface area contributed by atoms with Crippen LogP contribution in [-0.2, 0) is 6.42 Å². The van der Waals surface area contributed by atoms with Gasteiger partial charge in [0.25, 0.3) is 0 Å². The molecule has 2 aromatic rings. The second-order valence-electron chi connectivity index (χ2n) is 5.45. The second-order valence-corrected chi connectivity index (χ2v) is 5.45. The summed E-state index contributed by atoms with van der Waals surface area (Å²) in [6, 6.07) is 23.2. The maximum Gasteiger partial charge on any atom is 0.148 e. The summed E-state index contributed by atoms with van der Waals surface area (Å²) in [7, 11) is 0. The van der Waals surface area contributed by atoms with Crippen LogP contribution in [0.4, 0.5) is 5.69 Å². The molecule has 0 aliphatic heterocycles. The monoisotopic (exact) mass is 326 g/mol. The maximum atomic E-state index is 9.23. The van der Waals surface area contributed by atoms with Gasteiger partial charge in [-0.15, -0.1) is 0 Å². The maximum absolute atomic E-state index is 9.23. The molecule has 0 bridgehead atoms. The lowest BCUT2D eigenvalue weighted by Gasteiger charge is -2.23. The Balaban J connectivity index is 2.18. The third-order valence-corrected chi connectivity index (χ3v) is 4.00. The minimum Gasteiger partial charge on any atom is -0.371 e. The average Bonchev–Trinajstić information content (AvgIpc) is 2.68. The van der Waals surface area contributed by atoms with Crippen LogP contribution in [0.1, 0.15) is 18.1 Å². The molecular weight excluding hydrogens is 308 g/mol. The van der Waals surface area contributed by atoms with Crippen LogP contribution in [0.5, 0.6) is 0 Å². The lowest BCUT2D eigenvalue weighted by Crippen LogP contribution is -2.25. The molecule has 4 nitrogen and oxygen atoms in total. The van der Waals surface area contributed by atoms with Gasteiger partial charge in [-0.05, 0) is 36.6 Å². The van der Waals surface area contributed by atoms with Crippen molar-refractivity contribution >= 4 is 11.3 Å². The summed E-state index contributed by atoms with van der Waals surface area (Å²) in [6.07, 6.45) is 0.951. The lowest BCUT2D eigenvalue weighted by molar-refractivity contribution is 0.809. The molecule has 0 amide bonds. The minimum absolute atomic E-state index is 0.115. The van der Waals surface area contributed by atoms with Gasteiger partial charge in [-0.2, -0.15) is 15.8 Å². The highest BCUT2D eigenvalue weighted by atomic mass is 15.1. The highest BCUT2D eigenvalue weighted by molar-refractivity contribution is 5.84. The summed E-state index contributed by atoms with van der Waals surface area (Å²) >= 11 is 0. The molecule has 0 saturated heterocycles. The Morgan fingerprint density at radius 2 is 1.52 bits per heavy atom. The smallest absolute Gasteiger partial charge is 0.148 e. The number of nitrogens with zero attached hydrogens (tertiary/aromatic N) is 4. The van der Waals surface area contributed by atoms with E-state index in [0.717, 1.165) is 25.2 Å². The summed E-state index contributed by atoms with van der Waals surface area (Å²) in [5.41, 5.74) is 2.88. The fourth-order valence-electron chi connectivity index (χ4n) is 2.62. The topological polar surface area (TPSA) is 74.6 Å². The zero-order valence-electron chi connectivity index (χ0n) is 14.1. The van der Waals surface area contributed by atoms with E-state index in [4.69, 9.17) is 10.5 Å². The highest BCUT2D eigenvalue weighted by Gasteiger charge is 2.10. The zero-order valence-corrected chi connectivity index (χ0v) is 14.1. The van der Waals surface area contributed by atoms with Gasteiger partial charge in [0, 0.05) is 18.8 Å². The molecule has 25 heavy (non-hydrogen) atoms. The van der Waals surface area contributed by atoms with Crippen LogP contribution in [0.2, 0.25) is 0 Å². The quantitative estimate of drug-likeness (QED) is 0.750. The molecule has 0 saturated carbocycles. The summed E-state index contributed by atoms with van der Waals surface area (Å²) in [5.74, 6) is 0. The normalized spacial score (nSPS) is 9.36. The number of nitriles is 3. The number of anilines is 1. The molecular formula is C21H18N4. The first kappa shape index (κ1) is 17.8. The minimum atomic E-state index is -0.160. The average molecular weight is 326 g/mol. The van der Waals surface area contributed by atoms with E-state index < -0.39 is 0 Å². The van der Waals surface area contributed by atoms with Gasteiger partial charge in [0.15, 0.2) is 0 Å². The van der Waals surface area contributed by atoms with Crippen molar-refractivity contribution in [2.45, 2.75) is 13.3 Å². The van der Waals surface area contributed by atoms with E-state index in [9.17, 15) is 5.26 Å². The largest absolute Gasteiger partial charge is 0.371 e. The molecule has 122 valence electrons. The fourth-order valence-corrected chi connectivity index (χ4v) is 2.62. The standard InChI is InChI=1S/C21H18N4/c1-2-25(13-12-17-6-4-3-5-7-17)20-10-8-18(9-11-20)21(16-24)19(14-22)15-23/h3-11H,2,12-13H2,1H3. The van der Waals surface area contributed by atoms with Crippen LogP contribution in [0.15, 0.2) is 60.2 Å². The van der Waals surface area contributed by atoms with E-state index in [2.05, 4.69) is 24.0 Å². The summed E-state index contributed by atoms with van der Waals surface area (Å²) in [6.45, 7) is 3.86. The van der Waals surface area contributed by atoms with Crippen molar-refractivity contribution in [3.05, 3.63) is 71.3 Å². The van der Waals surface area contributed by atoms with Crippen LogP contribution >= 0.6 is 0 Å². The summed E-state index contributed by atoms with van der Waals surface area (Å²) < 4.78 is 0. The van der Waals surface area contributed by atoms with E-state index in [-0.39, 0.29) is 11.1 Å². The molecule has 0 unspecified atom stereocenters. The lowest BCUT2D eigenvalue weighted by atomic mass is 10.0. The van der Waals surface area contributed by atoms with Crippen molar-refractivity contribution in [1.29, 1.82) is 15.8 Å². The van der Waals surface area contributed by atoms with Gasteiger partial charge in [0.1, 0.15) is 23.8 Å². The van der Waals surface area contributed by atoms with Crippen molar-refractivity contribution in [2.24, 2.45) is 0 Å². The molecule has 0 spiro atoms. The Kier molecular flexibility index (Phi) is 6.35. The Bertz CT molecular complexity index is 843. The van der Waals surface area contributed by atoms with E-state index in [1.165, 1.54) is 5.56 Å².